The van der Waals surface area contributed by atoms with E-state index in [1.165, 1.54) is 25.7 Å². The number of nitrogens with one attached hydrogen (secondary N) is 1. The van der Waals surface area contributed by atoms with Crippen LogP contribution in [-0.4, -0.2) is 37.0 Å². The van der Waals surface area contributed by atoms with Gasteiger partial charge in [-0.05, 0) is 44.2 Å². The minimum atomic E-state index is 0.155. The zero-order chi connectivity index (χ0) is 11.6. The second-order valence-electron chi connectivity index (χ2n) is 5.73. The molecule has 2 rings (SSSR count). The van der Waals surface area contributed by atoms with Crippen molar-refractivity contribution in [3.8, 4) is 0 Å². The van der Waals surface area contributed by atoms with Crippen molar-refractivity contribution in [3.05, 3.63) is 0 Å². The van der Waals surface area contributed by atoms with Crippen molar-refractivity contribution in [3.63, 3.8) is 0 Å². The number of carbonyl (C=O) groups excluding carboxylic acids is 1. The van der Waals surface area contributed by atoms with Crippen LogP contribution in [0.15, 0.2) is 0 Å². The Morgan fingerprint density at radius 3 is 2.19 bits per heavy atom. The molecule has 0 aromatic rings. The minimum absolute atomic E-state index is 0.155. The van der Waals surface area contributed by atoms with E-state index in [1.807, 2.05) is 13.8 Å². The Morgan fingerprint density at radius 2 is 1.69 bits per heavy atom. The smallest absolute Gasteiger partial charge is 0.225 e. The standard InChI is InChI=1S/C13H24N2O/c1-11(2)12(16)15-9-5-13(6-10-15)3-7-14-8-4-13/h11,14H,3-10H2,1-2H3. The van der Waals surface area contributed by atoms with Crippen LogP contribution in [0.2, 0.25) is 0 Å². The van der Waals surface area contributed by atoms with Gasteiger partial charge in [0.2, 0.25) is 5.91 Å². The van der Waals surface area contributed by atoms with E-state index in [0.29, 0.717) is 11.3 Å². The van der Waals surface area contributed by atoms with Gasteiger partial charge in [-0.3, -0.25) is 4.79 Å². The van der Waals surface area contributed by atoms with E-state index in [2.05, 4.69) is 10.2 Å². The number of piperidine rings is 2. The van der Waals surface area contributed by atoms with Gasteiger partial charge in [0.1, 0.15) is 0 Å². The predicted octanol–water partition coefficient (Wildman–Crippen LogP) is 1.63. The zero-order valence-corrected chi connectivity index (χ0v) is 10.6. The average molecular weight is 224 g/mol. The lowest BCUT2D eigenvalue weighted by molar-refractivity contribution is -0.137. The summed E-state index contributed by atoms with van der Waals surface area (Å²) >= 11 is 0. The van der Waals surface area contributed by atoms with E-state index >= 15 is 0 Å². The maximum absolute atomic E-state index is 11.9. The maximum Gasteiger partial charge on any atom is 0.225 e. The molecular weight excluding hydrogens is 200 g/mol. The van der Waals surface area contributed by atoms with Crippen LogP contribution < -0.4 is 5.32 Å². The molecule has 0 unspecified atom stereocenters. The Balaban J connectivity index is 1.88. The highest BCUT2D eigenvalue weighted by atomic mass is 16.2. The Kier molecular flexibility index (Phi) is 3.53. The second kappa shape index (κ2) is 4.74. The highest BCUT2D eigenvalue weighted by Gasteiger charge is 2.36. The van der Waals surface area contributed by atoms with Gasteiger partial charge in [-0.1, -0.05) is 13.8 Å². The maximum atomic E-state index is 11.9. The van der Waals surface area contributed by atoms with E-state index in [-0.39, 0.29) is 5.92 Å². The molecule has 2 aliphatic rings. The van der Waals surface area contributed by atoms with Crippen LogP contribution in [0.25, 0.3) is 0 Å². The molecular formula is C13H24N2O. The summed E-state index contributed by atoms with van der Waals surface area (Å²) in [7, 11) is 0. The average Bonchev–Trinajstić information content (AvgIpc) is 2.30. The third kappa shape index (κ3) is 2.40. The quantitative estimate of drug-likeness (QED) is 0.734. The van der Waals surface area contributed by atoms with Gasteiger partial charge in [-0.15, -0.1) is 0 Å². The first-order valence-electron chi connectivity index (χ1n) is 6.62. The fourth-order valence-electron chi connectivity index (χ4n) is 3.02. The molecule has 3 heteroatoms. The minimum Gasteiger partial charge on any atom is -0.342 e. The first-order valence-corrected chi connectivity index (χ1v) is 6.62. The molecule has 16 heavy (non-hydrogen) atoms. The van der Waals surface area contributed by atoms with Gasteiger partial charge in [-0.25, -0.2) is 0 Å². The molecule has 0 bridgehead atoms. The molecule has 0 radical (unpaired) electrons. The molecule has 2 aliphatic heterocycles. The van der Waals surface area contributed by atoms with Crippen molar-refractivity contribution < 1.29 is 4.79 Å². The van der Waals surface area contributed by atoms with Crippen LogP contribution in [-0.2, 0) is 4.79 Å². The van der Waals surface area contributed by atoms with E-state index in [4.69, 9.17) is 0 Å². The van der Waals surface area contributed by atoms with Crippen molar-refractivity contribution in [2.45, 2.75) is 39.5 Å². The van der Waals surface area contributed by atoms with Crippen LogP contribution in [0, 0.1) is 11.3 Å². The van der Waals surface area contributed by atoms with Gasteiger partial charge >= 0.3 is 0 Å². The second-order valence-corrected chi connectivity index (χ2v) is 5.73. The molecule has 2 saturated heterocycles. The van der Waals surface area contributed by atoms with Crippen LogP contribution in [0.5, 0.6) is 0 Å². The predicted molar refractivity (Wildman–Crippen MR) is 65.2 cm³/mol. The molecule has 1 amide bonds. The van der Waals surface area contributed by atoms with Crippen LogP contribution in [0.4, 0.5) is 0 Å². The topological polar surface area (TPSA) is 32.3 Å². The number of hydrogen-bond donors (Lipinski definition) is 1. The molecule has 2 fully saturated rings. The Labute approximate surface area is 98.6 Å². The van der Waals surface area contributed by atoms with Gasteiger partial charge in [0.25, 0.3) is 0 Å². The fourth-order valence-corrected chi connectivity index (χ4v) is 3.02. The highest BCUT2D eigenvalue weighted by molar-refractivity contribution is 5.78. The summed E-state index contributed by atoms with van der Waals surface area (Å²) in [6.45, 7) is 8.29. The van der Waals surface area contributed by atoms with Gasteiger partial charge in [0, 0.05) is 19.0 Å². The van der Waals surface area contributed by atoms with Crippen molar-refractivity contribution in [2.75, 3.05) is 26.2 Å². The lowest BCUT2D eigenvalue weighted by atomic mass is 9.71. The number of rotatable bonds is 1. The Bertz CT molecular complexity index is 247. The summed E-state index contributed by atoms with van der Waals surface area (Å²) < 4.78 is 0. The number of carbonyl (C=O) groups is 1. The van der Waals surface area contributed by atoms with Gasteiger partial charge in [0.05, 0.1) is 0 Å². The molecule has 2 heterocycles. The third-order valence-electron chi connectivity index (χ3n) is 4.29. The zero-order valence-electron chi connectivity index (χ0n) is 10.6. The summed E-state index contributed by atoms with van der Waals surface area (Å²) in [6, 6.07) is 0. The fraction of sp³-hybridized carbons (Fsp3) is 0.923. The lowest BCUT2D eigenvalue weighted by Gasteiger charge is -2.44. The van der Waals surface area contributed by atoms with Gasteiger partial charge in [-0.2, -0.15) is 0 Å². The van der Waals surface area contributed by atoms with Crippen molar-refractivity contribution in [1.82, 2.24) is 10.2 Å². The van der Waals surface area contributed by atoms with Crippen LogP contribution in [0.3, 0.4) is 0 Å². The molecule has 0 atom stereocenters. The van der Waals surface area contributed by atoms with Crippen molar-refractivity contribution in [2.24, 2.45) is 11.3 Å². The summed E-state index contributed by atoms with van der Waals surface area (Å²) in [4.78, 5) is 14.0. The third-order valence-corrected chi connectivity index (χ3v) is 4.29. The molecule has 3 nitrogen and oxygen atoms in total. The largest absolute Gasteiger partial charge is 0.342 e. The van der Waals surface area contributed by atoms with Crippen molar-refractivity contribution >= 4 is 5.91 Å². The van der Waals surface area contributed by atoms with E-state index < -0.39 is 0 Å². The van der Waals surface area contributed by atoms with Crippen LogP contribution in [0.1, 0.15) is 39.5 Å². The number of amides is 1. The first-order chi connectivity index (χ1) is 7.63. The Morgan fingerprint density at radius 1 is 1.12 bits per heavy atom. The Hall–Kier alpha value is -0.570. The summed E-state index contributed by atoms with van der Waals surface area (Å²) in [6.07, 6.45) is 5.04. The lowest BCUT2D eigenvalue weighted by Crippen LogP contribution is -2.48. The molecule has 0 aromatic carbocycles. The molecule has 0 aliphatic carbocycles. The normalized spacial score (nSPS) is 25.1. The van der Waals surface area contributed by atoms with E-state index in [9.17, 15) is 4.79 Å². The monoisotopic (exact) mass is 224 g/mol. The first kappa shape index (κ1) is 11.9. The number of hydrogen-bond acceptors (Lipinski definition) is 2. The van der Waals surface area contributed by atoms with Gasteiger partial charge < -0.3 is 10.2 Å². The van der Waals surface area contributed by atoms with Crippen LogP contribution >= 0.6 is 0 Å². The molecule has 1 spiro atoms. The van der Waals surface area contributed by atoms with E-state index in [0.717, 1.165) is 26.2 Å². The molecule has 92 valence electrons. The SMILES string of the molecule is CC(C)C(=O)N1CCC2(CCNCC2)CC1. The number of likely N-dealkylation sites (tertiary alicyclic amines) is 1. The molecule has 1 N–H and O–H groups in total. The molecule has 0 aromatic heterocycles. The number of nitrogens with zero attached hydrogens (tertiary/aromatic N) is 1. The van der Waals surface area contributed by atoms with Gasteiger partial charge in [0.15, 0.2) is 0 Å². The summed E-state index contributed by atoms with van der Waals surface area (Å²) in [5.74, 6) is 0.492. The highest BCUT2D eigenvalue weighted by Crippen LogP contribution is 2.39. The van der Waals surface area contributed by atoms with E-state index in [1.54, 1.807) is 0 Å². The molecule has 0 saturated carbocycles. The van der Waals surface area contributed by atoms with Crippen molar-refractivity contribution in [1.29, 1.82) is 0 Å². The summed E-state index contributed by atoms with van der Waals surface area (Å²) in [5.41, 5.74) is 0.555. The summed E-state index contributed by atoms with van der Waals surface area (Å²) in [5, 5.41) is 3.43.